The Labute approximate surface area is 190 Å². The van der Waals surface area contributed by atoms with Crippen LogP contribution in [0.4, 0.5) is 10.6 Å². The highest BCUT2D eigenvalue weighted by molar-refractivity contribution is 5.86. The van der Waals surface area contributed by atoms with E-state index < -0.39 is 11.7 Å². The van der Waals surface area contributed by atoms with Crippen molar-refractivity contribution in [3.05, 3.63) is 17.6 Å². The van der Waals surface area contributed by atoms with E-state index in [1.807, 2.05) is 33.8 Å². The average molecular weight is 448 g/mol. The summed E-state index contributed by atoms with van der Waals surface area (Å²) >= 11 is 0. The van der Waals surface area contributed by atoms with Gasteiger partial charge < -0.3 is 25.0 Å². The first kappa shape index (κ1) is 24.2. The molecule has 0 radical (unpaired) electrons. The molecule has 0 spiro atoms. The number of nitrogens with one attached hydrogen (secondary N) is 2. The summed E-state index contributed by atoms with van der Waals surface area (Å²) in [5, 5.41) is 5.77. The molecule has 0 unspecified atom stereocenters. The number of carbonyl (C=O) groups is 2. The van der Waals surface area contributed by atoms with Crippen LogP contribution >= 0.6 is 0 Å². The van der Waals surface area contributed by atoms with E-state index in [2.05, 4.69) is 25.5 Å². The van der Waals surface area contributed by atoms with Gasteiger partial charge in [-0.1, -0.05) is 12.8 Å². The Morgan fingerprint density at radius 2 is 1.94 bits per heavy atom. The number of rotatable bonds is 7. The van der Waals surface area contributed by atoms with E-state index in [1.54, 1.807) is 7.11 Å². The van der Waals surface area contributed by atoms with E-state index in [-0.39, 0.29) is 18.5 Å². The fourth-order valence-corrected chi connectivity index (χ4v) is 4.73. The van der Waals surface area contributed by atoms with Crippen molar-refractivity contribution in [2.45, 2.75) is 84.0 Å². The Kier molecular flexibility index (Phi) is 7.92. The van der Waals surface area contributed by atoms with Gasteiger partial charge in [-0.2, -0.15) is 0 Å². The molecule has 1 aromatic heterocycles. The highest BCUT2D eigenvalue weighted by Gasteiger charge is 2.45. The van der Waals surface area contributed by atoms with Gasteiger partial charge in [-0.15, -0.1) is 0 Å². The lowest BCUT2D eigenvalue weighted by Gasteiger charge is -2.34. The largest absolute Gasteiger partial charge is 0.444 e. The monoisotopic (exact) mass is 447 g/mol. The number of aryl methyl sites for hydroxylation is 1. The lowest BCUT2D eigenvalue weighted by atomic mass is 9.84. The summed E-state index contributed by atoms with van der Waals surface area (Å²) in [6.07, 6.45) is 4.91. The van der Waals surface area contributed by atoms with Gasteiger partial charge in [-0.05, 0) is 52.9 Å². The van der Waals surface area contributed by atoms with Crippen molar-refractivity contribution < 1.29 is 19.1 Å². The maximum Gasteiger partial charge on any atom is 0.407 e. The zero-order valence-electron chi connectivity index (χ0n) is 19.9. The first-order chi connectivity index (χ1) is 15.2. The minimum Gasteiger partial charge on any atom is -0.444 e. The highest BCUT2D eigenvalue weighted by atomic mass is 16.6. The van der Waals surface area contributed by atoms with E-state index in [9.17, 15) is 9.59 Å². The molecular weight excluding hydrogens is 410 g/mol. The third-order valence-corrected chi connectivity index (χ3v) is 5.95. The van der Waals surface area contributed by atoms with Crippen molar-refractivity contribution in [2.75, 3.05) is 25.2 Å². The number of fused-ring (bicyclic) bond motifs is 1. The molecule has 2 heterocycles. The predicted molar refractivity (Wildman–Crippen MR) is 121 cm³/mol. The van der Waals surface area contributed by atoms with Crippen molar-refractivity contribution in [1.82, 2.24) is 20.6 Å². The third-order valence-electron chi connectivity index (χ3n) is 5.95. The van der Waals surface area contributed by atoms with Crippen molar-refractivity contribution in [3.63, 3.8) is 0 Å². The molecule has 32 heavy (non-hydrogen) atoms. The number of ether oxygens (including phenoxy) is 2. The molecule has 0 aromatic carbocycles. The summed E-state index contributed by atoms with van der Waals surface area (Å²) in [5.41, 5.74) is 0.127. The van der Waals surface area contributed by atoms with Crippen LogP contribution in [-0.4, -0.2) is 59.9 Å². The number of nitrogens with zero attached hydrogens (tertiary/aromatic N) is 3. The summed E-state index contributed by atoms with van der Waals surface area (Å²) in [7, 11) is 1.62. The molecule has 1 aromatic rings. The van der Waals surface area contributed by atoms with Crippen LogP contribution in [0.5, 0.6) is 0 Å². The molecule has 9 heteroatoms. The van der Waals surface area contributed by atoms with Crippen LogP contribution in [0.15, 0.2) is 6.07 Å². The number of aromatic nitrogens is 2. The molecular formula is C23H37N5O4. The smallest absolute Gasteiger partial charge is 0.407 e. The van der Waals surface area contributed by atoms with Gasteiger partial charge in [-0.3, -0.25) is 4.79 Å². The predicted octanol–water partition coefficient (Wildman–Crippen LogP) is 2.71. The van der Waals surface area contributed by atoms with Crippen LogP contribution in [0.2, 0.25) is 0 Å². The molecule has 3 atom stereocenters. The number of methoxy groups -OCH3 is 1. The van der Waals surface area contributed by atoms with E-state index in [1.165, 1.54) is 6.42 Å². The number of carbonyl (C=O) groups excluding carboxylic acids is 2. The van der Waals surface area contributed by atoms with Crippen LogP contribution in [0.25, 0.3) is 0 Å². The molecule has 0 bridgehead atoms. The standard InChI is InChI=1S/C23H37N5O4/c1-15-26-17(14-25-22(30)32-23(2,3)4)13-20(27-15)28-18-9-7-6-8-16(18)12-19(28)21(29)24-10-11-31-5/h13,16,18-19H,6-12,14H2,1-5H3,(H,24,29)(H,25,30)/t16-,18-,19-/m0/s1. The molecule has 178 valence electrons. The zero-order valence-corrected chi connectivity index (χ0v) is 19.9. The summed E-state index contributed by atoms with van der Waals surface area (Å²) < 4.78 is 10.4. The van der Waals surface area contributed by atoms with Gasteiger partial charge >= 0.3 is 6.09 Å². The Bertz CT molecular complexity index is 810. The van der Waals surface area contributed by atoms with Crippen LogP contribution in [0, 0.1) is 12.8 Å². The van der Waals surface area contributed by atoms with Crippen LogP contribution in [-0.2, 0) is 20.8 Å². The third kappa shape index (κ3) is 6.31. The first-order valence-corrected chi connectivity index (χ1v) is 11.5. The summed E-state index contributed by atoms with van der Waals surface area (Å²) in [6.45, 7) is 8.52. The van der Waals surface area contributed by atoms with Crippen LogP contribution in [0.3, 0.4) is 0 Å². The second kappa shape index (κ2) is 10.5. The summed E-state index contributed by atoms with van der Waals surface area (Å²) in [4.78, 5) is 36.5. The van der Waals surface area contributed by atoms with Gasteiger partial charge in [0.1, 0.15) is 23.3 Å². The number of alkyl carbamates (subject to hydrolysis) is 1. The second-order valence-corrected chi connectivity index (χ2v) is 9.67. The average Bonchev–Trinajstić information content (AvgIpc) is 3.10. The van der Waals surface area contributed by atoms with Gasteiger partial charge in [0.15, 0.2) is 0 Å². The minimum absolute atomic E-state index is 0.0149. The Morgan fingerprint density at radius 3 is 2.66 bits per heavy atom. The van der Waals surface area contributed by atoms with Crippen LogP contribution < -0.4 is 15.5 Å². The second-order valence-electron chi connectivity index (χ2n) is 9.67. The van der Waals surface area contributed by atoms with Gasteiger partial charge in [0.05, 0.1) is 18.8 Å². The topological polar surface area (TPSA) is 106 Å². The van der Waals surface area contributed by atoms with E-state index in [0.717, 1.165) is 31.5 Å². The zero-order chi connectivity index (χ0) is 23.3. The lowest BCUT2D eigenvalue weighted by Crippen LogP contribution is -2.48. The Morgan fingerprint density at radius 1 is 1.19 bits per heavy atom. The number of amides is 2. The molecule has 1 aliphatic heterocycles. The lowest BCUT2D eigenvalue weighted by molar-refractivity contribution is -0.122. The quantitative estimate of drug-likeness (QED) is 0.619. The highest BCUT2D eigenvalue weighted by Crippen LogP contribution is 2.42. The van der Waals surface area contributed by atoms with Gasteiger partial charge in [0.2, 0.25) is 5.91 Å². The van der Waals surface area contributed by atoms with Crippen molar-refractivity contribution in [2.24, 2.45) is 5.92 Å². The van der Waals surface area contributed by atoms with E-state index in [0.29, 0.717) is 36.6 Å². The SMILES string of the molecule is COCCNC(=O)[C@@H]1C[C@@H]2CCCC[C@@H]2N1c1cc(CNC(=O)OC(C)(C)C)nc(C)n1. The fraction of sp³-hybridized carbons (Fsp3) is 0.739. The molecule has 1 aliphatic carbocycles. The number of hydrogen-bond donors (Lipinski definition) is 2. The minimum atomic E-state index is -0.564. The maximum atomic E-state index is 13.0. The molecule has 9 nitrogen and oxygen atoms in total. The molecule has 2 aliphatic rings. The van der Waals surface area contributed by atoms with E-state index in [4.69, 9.17) is 9.47 Å². The number of anilines is 1. The Balaban J connectivity index is 1.79. The van der Waals surface area contributed by atoms with Gasteiger partial charge in [-0.25, -0.2) is 14.8 Å². The van der Waals surface area contributed by atoms with Crippen molar-refractivity contribution in [3.8, 4) is 0 Å². The van der Waals surface area contributed by atoms with Gasteiger partial charge in [0.25, 0.3) is 0 Å². The van der Waals surface area contributed by atoms with Crippen molar-refractivity contribution in [1.29, 1.82) is 0 Å². The molecule has 2 amide bonds. The molecule has 2 N–H and O–H groups in total. The molecule has 2 fully saturated rings. The first-order valence-electron chi connectivity index (χ1n) is 11.5. The maximum absolute atomic E-state index is 13.0. The van der Waals surface area contributed by atoms with Gasteiger partial charge in [0, 0.05) is 25.8 Å². The van der Waals surface area contributed by atoms with E-state index >= 15 is 0 Å². The molecule has 1 saturated heterocycles. The number of hydrogen-bond acceptors (Lipinski definition) is 7. The Hall–Kier alpha value is -2.42. The fourth-order valence-electron chi connectivity index (χ4n) is 4.73. The summed E-state index contributed by atoms with van der Waals surface area (Å²) in [6, 6.07) is 1.92. The molecule has 1 saturated carbocycles. The normalized spacial score (nSPS) is 22.9. The molecule has 3 rings (SSSR count). The van der Waals surface area contributed by atoms with Crippen LogP contribution in [0.1, 0.15) is 64.4 Å². The summed E-state index contributed by atoms with van der Waals surface area (Å²) in [5.74, 6) is 1.86. The van der Waals surface area contributed by atoms with Crippen molar-refractivity contribution >= 4 is 17.8 Å².